The van der Waals surface area contributed by atoms with Crippen LogP contribution in [-0.2, 0) is 20.7 Å². The molecular weight excluding hydrogens is 454 g/mol. The van der Waals surface area contributed by atoms with Crippen LogP contribution in [-0.4, -0.2) is 34.4 Å². The summed E-state index contributed by atoms with van der Waals surface area (Å²) in [5, 5.41) is 5.24. The molecule has 2 heterocycles. The van der Waals surface area contributed by atoms with Crippen molar-refractivity contribution in [1.82, 2.24) is 15.3 Å². The van der Waals surface area contributed by atoms with Crippen molar-refractivity contribution in [1.29, 1.82) is 0 Å². The highest BCUT2D eigenvalue weighted by atomic mass is 16.5. The fourth-order valence-corrected chi connectivity index (χ4v) is 5.24. The molecule has 1 atom stereocenters. The van der Waals surface area contributed by atoms with Gasteiger partial charge in [0, 0.05) is 36.3 Å². The second kappa shape index (κ2) is 10.1. The van der Waals surface area contributed by atoms with E-state index in [0.29, 0.717) is 24.7 Å². The number of rotatable bonds is 8. The van der Waals surface area contributed by atoms with E-state index in [1.54, 1.807) is 25.4 Å². The zero-order chi connectivity index (χ0) is 25.1. The smallest absolute Gasteiger partial charge is 0.328 e. The lowest BCUT2D eigenvalue weighted by molar-refractivity contribution is -0.146. The van der Waals surface area contributed by atoms with Gasteiger partial charge in [-0.1, -0.05) is 31.4 Å². The van der Waals surface area contributed by atoms with Gasteiger partial charge in [0.2, 0.25) is 5.88 Å². The normalized spacial score (nSPS) is 17.3. The quantitative estimate of drug-likeness (QED) is 0.438. The van der Waals surface area contributed by atoms with Gasteiger partial charge in [0.1, 0.15) is 11.8 Å². The molecule has 2 aliphatic rings. The Bertz CT molecular complexity index is 1310. The first-order valence-electron chi connectivity index (χ1n) is 12.7. The monoisotopic (exact) mass is 485 g/mol. The maximum absolute atomic E-state index is 12.8. The first-order chi connectivity index (χ1) is 17.5. The van der Waals surface area contributed by atoms with Crippen molar-refractivity contribution in [3.05, 3.63) is 71.8 Å². The third-order valence-corrected chi connectivity index (χ3v) is 7.18. The minimum atomic E-state index is -0.566. The number of esters is 1. The highest BCUT2D eigenvalue weighted by Gasteiger charge is 2.49. The van der Waals surface area contributed by atoms with Gasteiger partial charge < -0.3 is 14.8 Å². The Balaban J connectivity index is 1.31. The molecule has 1 fully saturated rings. The van der Waals surface area contributed by atoms with Crippen LogP contribution in [0.3, 0.4) is 0 Å². The largest absolute Gasteiger partial charge is 0.464 e. The summed E-state index contributed by atoms with van der Waals surface area (Å²) in [6, 6.07) is 11.0. The van der Waals surface area contributed by atoms with Crippen molar-refractivity contribution in [2.24, 2.45) is 5.41 Å². The van der Waals surface area contributed by atoms with Gasteiger partial charge in [0.05, 0.1) is 17.4 Å². The van der Waals surface area contributed by atoms with Crippen LogP contribution in [0.2, 0.25) is 0 Å². The number of hydrogen-bond donors (Lipinski definition) is 1. The third kappa shape index (κ3) is 4.70. The summed E-state index contributed by atoms with van der Waals surface area (Å²) in [4.78, 5) is 34.0. The molecule has 7 nitrogen and oxygen atoms in total. The predicted molar refractivity (Wildman–Crippen MR) is 137 cm³/mol. The molecule has 36 heavy (non-hydrogen) atoms. The lowest BCUT2D eigenvalue weighted by Gasteiger charge is -2.44. The molecule has 0 amide bonds. The molecular formula is C29H31N3O4. The number of carbonyl (C=O) groups is 2. The number of nitrogens with zero attached hydrogens (tertiary/aromatic N) is 2. The van der Waals surface area contributed by atoms with E-state index in [2.05, 4.69) is 15.3 Å². The summed E-state index contributed by atoms with van der Waals surface area (Å²) in [7, 11) is 0. The molecule has 1 spiro atoms. The summed E-state index contributed by atoms with van der Waals surface area (Å²) in [5.41, 5.74) is 2.28. The van der Waals surface area contributed by atoms with Crippen molar-refractivity contribution in [3.8, 4) is 11.6 Å². The highest BCUT2D eigenvalue weighted by molar-refractivity contribution is 6.05. The Morgan fingerprint density at radius 3 is 2.64 bits per heavy atom. The molecule has 0 aliphatic heterocycles. The van der Waals surface area contributed by atoms with Gasteiger partial charge in [-0.2, -0.15) is 0 Å². The second-order valence-electron chi connectivity index (χ2n) is 9.63. The molecule has 0 bridgehead atoms. The van der Waals surface area contributed by atoms with Gasteiger partial charge >= 0.3 is 5.97 Å². The van der Waals surface area contributed by atoms with Crippen LogP contribution >= 0.6 is 0 Å². The fraction of sp³-hybridized carbons (Fsp3) is 0.379. The molecule has 3 aromatic rings. The molecule has 0 unspecified atom stereocenters. The summed E-state index contributed by atoms with van der Waals surface area (Å²) in [5.74, 6) is 1.03. The van der Waals surface area contributed by atoms with Crippen molar-refractivity contribution < 1.29 is 19.1 Å². The number of nitrogens with one attached hydrogen (secondary N) is 1. The summed E-state index contributed by atoms with van der Waals surface area (Å²) >= 11 is 0. The molecule has 0 radical (unpaired) electrons. The molecule has 2 aliphatic carbocycles. The topological polar surface area (TPSA) is 90.4 Å². The van der Waals surface area contributed by atoms with Crippen LogP contribution in [0.25, 0.3) is 10.8 Å². The van der Waals surface area contributed by atoms with Gasteiger partial charge in [0.25, 0.3) is 0 Å². The van der Waals surface area contributed by atoms with Gasteiger partial charge in [-0.15, -0.1) is 0 Å². The van der Waals surface area contributed by atoms with Crippen LogP contribution in [0.4, 0.5) is 0 Å². The van der Waals surface area contributed by atoms with Crippen LogP contribution in [0.1, 0.15) is 50.3 Å². The number of hydrogen-bond acceptors (Lipinski definition) is 7. The molecule has 5 rings (SSSR count). The molecule has 1 saturated carbocycles. The Kier molecular flexibility index (Phi) is 6.72. The van der Waals surface area contributed by atoms with Crippen LogP contribution in [0.15, 0.2) is 60.6 Å². The van der Waals surface area contributed by atoms with Crippen molar-refractivity contribution >= 4 is 22.5 Å². The van der Waals surface area contributed by atoms with E-state index in [9.17, 15) is 9.59 Å². The highest BCUT2D eigenvalue weighted by Crippen LogP contribution is 2.48. The standard InChI is InChI=1S/C29H31N3O4/c1-3-35-28(34)24(32-25-17-26(33)29(25)12-5-4-6-13-29)16-20-7-9-22(10-8-20)36-27-23-18-30-14-11-21(23)15-19(2)31-27/h7-11,14-15,17-18,24,32H,3-6,12-13,16H2,1-2H3/t24-/m0/s1. The molecule has 1 N–H and O–H groups in total. The lowest BCUT2D eigenvalue weighted by atomic mass is 9.62. The van der Waals surface area contributed by atoms with Gasteiger partial charge in [-0.3, -0.25) is 9.78 Å². The molecule has 7 heteroatoms. The second-order valence-corrected chi connectivity index (χ2v) is 9.63. The van der Waals surface area contributed by atoms with E-state index in [4.69, 9.17) is 9.47 Å². The number of aromatic nitrogens is 2. The average molecular weight is 486 g/mol. The van der Waals surface area contributed by atoms with Crippen LogP contribution in [0.5, 0.6) is 11.6 Å². The number of ether oxygens (including phenoxy) is 2. The van der Waals surface area contributed by atoms with Crippen LogP contribution < -0.4 is 10.1 Å². The average Bonchev–Trinajstić information content (AvgIpc) is 2.89. The Morgan fingerprint density at radius 1 is 1.14 bits per heavy atom. The molecule has 186 valence electrons. The molecule has 2 aromatic heterocycles. The number of fused-ring (bicyclic) bond motifs is 1. The van der Waals surface area contributed by atoms with E-state index in [1.165, 1.54) is 0 Å². The SMILES string of the molecule is CCOC(=O)[C@H](Cc1ccc(Oc2nc(C)cc3ccncc23)cc1)NC1=CC(=O)C12CCCCC2. The maximum atomic E-state index is 12.8. The van der Waals surface area contributed by atoms with E-state index in [-0.39, 0.29) is 11.8 Å². The minimum absolute atomic E-state index is 0.182. The zero-order valence-electron chi connectivity index (χ0n) is 20.8. The Morgan fingerprint density at radius 2 is 1.92 bits per heavy atom. The van der Waals surface area contributed by atoms with Gasteiger partial charge in [-0.05, 0) is 61.9 Å². The predicted octanol–water partition coefficient (Wildman–Crippen LogP) is 5.21. The molecule has 1 aromatic carbocycles. The van der Waals surface area contributed by atoms with E-state index in [1.807, 2.05) is 43.3 Å². The summed E-state index contributed by atoms with van der Waals surface area (Å²) in [6.45, 7) is 4.04. The Labute approximate surface area is 210 Å². The van der Waals surface area contributed by atoms with Gasteiger partial charge in [-0.25, -0.2) is 9.78 Å². The zero-order valence-corrected chi connectivity index (χ0v) is 20.8. The summed E-state index contributed by atoms with van der Waals surface area (Å²) < 4.78 is 11.4. The number of ketones is 1. The van der Waals surface area contributed by atoms with Crippen molar-refractivity contribution in [2.45, 2.75) is 58.4 Å². The van der Waals surface area contributed by atoms with Crippen LogP contribution in [0, 0.1) is 12.3 Å². The number of benzene rings is 1. The molecule has 0 saturated heterocycles. The van der Waals surface area contributed by atoms with Crippen molar-refractivity contribution in [2.75, 3.05) is 6.61 Å². The van der Waals surface area contributed by atoms with Gasteiger partial charge in [0.15, 0.2) is 5.78 Å². The third-order valence-electron chi connectivity index (χ3n) is 7.18. The number of allylic oxidation sites excluding steroid dienone is 2. The number of aryl methyl sites for hydroxylation is 1. The number of pyridine rings is 2. The van der Waals surface area contributed by atoms with E-state index < -0.39 is 11.5 Å². The Hall–Kier alpha value is -3.74. The van der Waals surface area contributed by atoms with Crippen molar-refractivity contribution in [3.63, 3.8) is 0 Å². The van der Waals surface area contributed by atoms with E-state index >= 15 is 0 Å². The first kappa shape index (κ1) is 24.0. The fourth-order valence-electron chi connectivity index (χ4n) is 5.24. The minimum Gasteiger partial charge on any atom is -0.464 e. The number of carbonyl (C=O) groups excluding carboxylic acids is 2. The van der Waals surface area contributed by atoms with E-state index in [0.717, 1.165) is 59.8 Å². The lowest BCUT2D eigenvalue weighted by Crippen LogP contribution is -2.52. The maximum Gasteiger partial charge on any atom is 0.328 e. The summed E-state index contributed by atoms with van der Waals surface area (Å²) in [6.07, 6.45) is 10.5. The first-order valence-corrected chi connectivity index (χ1v) is 12.7.